The van der Waals surface area contributed by atoms with E-state index in [1.165, 1.54) is 38.5 Å². The number of halogens is 1. The molecule has 0 heterocycles. The zero-order valence-corrected chi connectivity index (χ0v) is 13.7. The van der Waals surface area contributed by atoms with E-state index < -0.39 is 0 Å². The lowest BCUT2D eigenvalue weighted by Gasteiger charge is -2.39. The first-order valence-corrected chi connectivity index (χ1v) is 8.62. The van der Waals surface area contributed by atoms with Crippen LogP contribution in [0.4, 0.5) is 0 Å². The lowest BCUT2D eigenvalue weighted by atomic mass is 9.75. The molecule has 2 fully saturated rings. The Morgan fingerprint density at radius 1 is 1.06 bits per heavy atom. The first-order valence-electron chi connectivity index (χ1n) is 7.37. The number of hydrogen-bond donors (Lipinski definition) is 0. The van der Waals surface area contributed by atoms with Crippen LogP contribution in [-0.2, 0) is 4.74 Å². The summed E-state index contributed by atoms with van der Waals surface area (Å²) < 4.78 is 7.26. The highest BCUT2D eigenvalue weighted by Gasteiger charge is 2.35. The molecule has 0 spiro atoms. The predicted octanol–water partition coefficient (Wildman–Crippen LogP) is 4.82. The van der Waals surface area contributed by atoms with Crippen molar-refractivity contribution >= 4 is 22.6 Å². The Bertz CT molecular complexity index is 241. The largest absolute Gasteiger partial charge is 0.374 e. The maximum absolute atomic E-state index is 6.50. The van der Waals surface area contributed by atoms with Gasteiger partial charge < -0.3 is 4.74 Å². The Labute approximate surface area is 120 Å². The standard InChI is InChI=1S/C15H27IO/c1-10(2)12-8-7-11(3)9-15(12)17-14-6-4-5-13(14)16/h10-15H,4-9H2,1-3H3. The van der Waals surface area contributed by atoms with Crippen molar-refractivity contribution in [3.63, 3.8) is 0 Å². The fraction of sp³-hybridized carbons (Fsp3) is 1.00. The number of hydrogen-bond acceptors (Lipinski definition) is 1. The molecule has 2 aliphatic carbocycles. The van der Waals surface area contributed by atoms with Crippen molar-refractivity contribution in [1.82, 2.24) is 0 Å². The molecule has 0 N–H and O–H groups in total. The van der Waals surface area contributed by atoms with Gasteiger partial charge in [-0.15, -0.1) is 0 Å². The molecule has 0 amide bonds. The molecule has 2 aliphatic rings. The molecule has 0 aromatic carbocycles. The van der Waals surface area contributed by atoms with Crippen LogP contribution in [0, 0.1) is 17.8 Å². The van der Waals surface area contributed by atoms with Crippen molar-refractivity contribution in [3.8, 4) is 0 Å². The fourth-order valence-electron chi connectivity index (χ4n) is 3.53. The summed E-state index contributed by atoms with van der Waals surface area (Å²) in [5.41, 5.74) is 0. The highest BCUT2D eigenvalue weighted by molar-refractivity contribution is 14.1. The Morgan fingerprint density at radius 3 is 2.41 bits per heavy atom. The molecule has 5 unspecified atom stereocenters. The number of alkyl halides is 1. The molecular formula is C15H27IO. The maximum atomic E-state index is 6.50. The first-order chi connectivity index (χ1) is 8.08. The highest BCUT2D eigenvalue weighted by Crippen LogP contribution is 2.38. The van der Waals surface area contributed by atoms with E-state index >= 15 is 0 Å². The van der Waals surface area contributed by atoms with Gasteiger partial charge in [0.05, 0.1) is 12.2 Å². The summed E-state index contributed by atoms with van der Waals surface area (Å²) in [4.78, 5) is 0. The SMILES string of the molecule is CC1CCC(C(C)C)C(OC2CCCC2I)C1. The third-order valence-electron chi connectivity index (χ3n) is 4.68. The topological polar surface area (TPSA) is 9.23 Å². The van der Waals surface area contributed by atoms with Crippen LogP contribution in [0.25, 0.3) is 0 Å². The molecule has 0 aliphatic heterocycles. The predicted molar refractivity (Wildman–Crippen MR) is 81.7 cm³/mol. The summed E-state index contributed by atoms with van der Waals surface area (Å²) in [5, 5.41) is 0. The van der Waals surface area contributed by atoms with Gasteiger partial charge in [0.25, 0.3) is 0 Å². The first kappa shape index (κ1) is 14.1. The molecule has 100 valence electrons. The van der Waals surface area contributed by atoms with Crippen molar-refractivity contribution < 1.29 is 4.74 Å². The van der Waals surface area contributed by atoms with Crippen LogP contribution in [0.3, 0.4) is 0 Å². The molecule has 1 nitrogen and oxygen atoms in total. The molecule has 0 saturated heterocycles. The van der Waals surface area contributed by atoms with E-state index in [0.717, 1.165) is 21.7 Å². The second-order valence-electron chi connectivity index (χ2n) is 6.49. The minimum Gasteiger partial charge on any atom is -0.374 e. The second-order valence-corrected chi connectivity index (χ2v) is 8.09. The summed E-state index contributed by atoms with van der Waals surface area (Å²) in [5.74, 6) is 2.45. The lowest BCUT2D eigenvalue weighted by Crippen LogP contribution is -2.38. The molecule has 2 heteroatoms. The van der Waals surface area contributed by atoms with Crippen LogP contribution in [0.2, 0.25) is 0 Å². The van der Waals surface area contributed by atoms with Gasteiger partial charge in [0.1, 0.15) is 0 Å². The van der Waals surface area contributed by atoms with Crippen molar-refractivity contribution in [1.29, 1.82) is 0 Å². The van der Waals surface area contributed by atoms with E-state index in [1.807, 2.05) is 0 Å². The van der Waals surface area contributed by atoms with Gasteiger partial charge >= 0.3 is 0 Å². The van der Waals surface area contributed by atoms with Gasteiger partial charge in [-0.2, -0.15) is 0 Å². The molecule has 0 aromatic heterocycles. The second kappa shape index (κ2) is 6.23. The molecule has 2 rings (SSSR count). The summed E-state index contributed by atoms with van der Waals surface area (Å²) >= 11 is 2.59. The summed E-state index contributed by atoms with van der Waals surface area (Å²) in [7, 11) is 0. The van der Waals surface area contributed by atoms with E-state index in [1.54, 1.807) is 0 Å². The van der Waals surface area contributed by atoms with Gasteiger partial charge in [-0.25, -0.2) is 0 Å². The molecule has 17 heavy (non-hydrogen) atoms. The minimum absolute atomic E-state index is 0.541. The van der Waals surface area contributed by atoms with Crippen molar-refractivity contribution in [3.05, 3.63) is 0 Å². The van der Waals surface area contributed by atoms with Crippen LogP contribution < -0.4 is 0 Å². The highest BCUT2D eigenvalue weighted by atomic mass is 127. The lowest BCUT2D eigenvalue weighted by molar-refractivity contribution is -0.0743. The normalized spacial score (nSPS) is 43.2. The Kier molecular flexibility index (Phi) is 5.17. The molecule has 0 bridgehead atoms. The average Bonchev–Trinajstić information content (AvgIpc) is 2.64. The summed E-state index contributed by atoms with van der Waals surface area (Å²) in [6, 6.07) is 0. The minimum atomic E-state index is 0.541. The van der Waals surface area contributed by atoms with Gasteiger partial charge in [0, 0.05) is 3.92 Å². The number of ether oxygens (including phenoxy) is 1. The molecule has 2 saturated carbocycles. The van der Waals surface area contributed by atoms with Crippen LogP contribution in [-0.4, -0.2) is 16.1 Å². The van der Waals surface area contributed by atoms with Crippen LogP contribution >= 0.6 is 22.6 Å². The monoisotopic (exact) mass is 350 g/mol. The van der Waals surface area contributed by atoms with E-state index in [0.29, 0.717) is 12.2 Å². The van der Waals surface area contributed by atoms with Gasteiger partial charge in [-0.3, -0.25) is 0 Å². The average molecular weight is 350 g/mol. The zero-order valence-electron chi connectivity index (χ0n) is 11.5. The van der Waals surface area contributed by atoms with Crippen LogP contribution in [0.5, 0.6) is 0 Å². The summed E-state index contributed by atoms with van der Waals surface area (Å²) in [6.07, 6.45) is 9.19. The van der Waals surface area contributed by atoms with Crippen molar-refractivity contribution in [2.75, 3.05) is 0 Å². The van der Waals surface area contributed by atoms with E-state index in [9.17, 15) is 0 Å². The fourth-order valence-corrected chi connectivity index (χ4v) is 4.50. The van der Waals surface area contributed by atoms with Gasteiger partial charge in [0.15, 0.2) is 0 Å². The third kappa shape index (κ3) is 3.59. The van der Waals surface area contributed by atoms with Gasteiger partial charge in [-0.05, 0) is 49.9 Å². The molecule has 5 atom stereocenters. The van der Waals surface area contributed by atoms with Crippen molar-refractivity contribution in [2.45, 2.75) is 75.4 Å². The Balaban J connectivity index is 1.94. The van der Waals surface area contributed by atoms with E-state index in [4.69, 9.17) is 4.74 Å². The quantitative estimate of drug-likeness (QED) is 0.524. The zero-order chi connectivity index (χ0) is 12.4. The Morgan fingerprint density at radius 2 is 1.82 bits per heavy atom. The van der Waals surface area contributed by atoms with Gasteiger partial charge in [0.2, 0.25) is 0 Å². The maximum Gasteiger partial charge on any atom is 0.0696 e. The van der Waals surface area contributed by atoms with Gasteiger partial charge in [-0.1, -0.05) is 49.8 Å². The van der Waals surface area contributed by atoms with Crippen LogP contribution in [0.15, 0.2) is 0 Å². The molecule has 0 radical (unpaired) electrons. The smallest absolute Gasteiger partial charge is 0.0696 e. The number of rotatable bonds is 3. The molecular weight excluding hydrogens is 323 g/mol. The molecule has 0 aromatic rings. The summed E-state index contributed by atoms with van der Waals surface area (Å²) in [6.45, 7) is 7.13. The Hall–Kier alpha value is 0.690. The third-order valence-corrected chi connectivity index (χ3v) is 6.11. The van der Waals surface area contributed by atoms with E-state index in [-0.39, 0.29) is 0 Å². The van der Waals surface area contributed by atoms with E-state index in [2.05, 4.69) is 43.4 Å². The van der Waals surface area contributed by atoms with Crippen LogP contribution in [0.1, 0.15) is 59.3 Å². The van der Waals surface area contributed by atoms with Crippen molar-refractivity contribution in [2.24, 2.45) is 17.8 Å².